The average molecular weight is 345 g/mol. The van der Waals surface area contributed by atoms with Gasteiger partial charge in [0.2, 0.25) is 17.6 Å². The third-order valence-electron chi connectivity index (χ3n) is 2.59. The van der Waals surface area contributed by atoms with Gasteiger partial charge in [-0.25, -0.2) is 9.80 Å². The van der Waals surface area contributed by atoms with E-state index >= 15 is 0 Å². The Morgan fingerprint density at radius 3 is 1.92 bits per heavy atom. The highest BCUT2D eigenvalue weighted by molar-refractivity contribution is 6.35. The van der Waals surface area contributed by atoms with E-state index in [1.165, 1.54) is 13.8 Å². The Bertz CT molecular complexity index is 562. The fourth-order valence-corrected chi connectivity index (χ4v) is 1.39. The van der Waals surface area contributed by atoms with Crippen molar-refractivity contribution in [3.8, 4) is 0 Å². The molecule has 0 saturated heterocycles. The van der Waals surface area contributed by atoms with E-state index in [0.717, 1.165) is 6.92 Å². The molecule has 0 rings (SSSR count). The number of carbonyl (C=O) groups excluding carboxylic acids is 5. The number of Topliss-reactive ketones (excluding diaryl/α,β-unsaturated/α-hetero) is 1. The third kappa shape index (κ3) is 7.20. The Morgan fingerprint density at radius 2 is 1.50 bits per heavy atom. The maximum absolute atomic E-state index is 11.9. The number of hydrazine groups is 1. The summed E-state index contributed by atoms with van der Waals surface area (Å²) in [5, 5.41) is 13.0. The lowest BCUT2D eigenvalue weighted by molar-refractivity contribution is -0.150. The third-order valence-corrected chi connectivity index (χ3v) is 2.59. The highest BCUT2D eigenvalue weighted by atomic mass is 16.4. The molecule has 134 valence electrons. The highest BCUT2D eigenvalue weighted by Crippen LogP contribution is 1.92. The van der Waals surface area contributed by atoms with Crippen LogP contribution >= 0.6 is 0 Å². The quantitative estimate of drug-likeness (QED) is 0.241. The molecular formula is C12H19N5O7. The molecule has 0 aliphatic carbocycles. The molecule has 0 unspecified atom stereocenters. The summed E-state index contributed by atoms with van der Waals surface area (Å²) in [4.78, 5) is 67.6. The minimum Gasteiger partial charge on any atom is -0.465 e. The topological polar surface area (TPSA) is 188 Å². The maximum Gasteiger partial charge on any atom is 0.405 e. The van der Waals surface area contributed by atoms with Crippen LogP contribution in [0, 0.1) is 0 Å². The van der Waals surface area contributed by atoms with Gasteiger partial charge in [0.1, 0.15) is 18.6 Å². The zero-order valence-corrected chi connectivity index (χ0v) is 13.3. The number of primary amides is 1. The highest BCUT2D eigenvalue weighted by Gasteiger charge is 2.26. The minimum absolute atomic E-state index is 0.425. The van der Waals surface area contributed by atoms with Crippen molar-refractivity contribution in [2.45, 2.75) is 32.9 Å². The molecule has 12 heteroatoms. The monoisotopic (exact) mass is 345 g/mol. The molecule has 0 aliphatic rings. The predicted molar refractivity (Wildman–Crippen MR) is 78.0 cm³/mol. The van der Waals surface area contributed by atoms with Gasteiger partial charge in [-0.1, -0.05) is 0 Å². The lowest BCUT2D eigenvalue weighted by atomic mass is 10.2. The van der Waals surface area contributed by atoms with E-state index in [-0.39, 0.29) is 0 Å². The van der Waals surface area contributed by atoms with E-state index in [4.69, 9.17) is 10.8 Å². The molecule has 6 N–H and O–H groups in total. The number of nitrogens with two attached hydrogens (primary N) is 1. The Kier molecular flexibility index (Phi) is 7.87. The van der Waals surface area contributed by atoms with Crippen LogP contribution in [-0.4, -0.2) is 64.2 Å². The van der Waals surface area contributed by atoms with Crippen LogP contribution < -0.4 is 21.8 Å². The standard InChI is InChI=1S/C12H19N5O7/c1-5(15-12(23)24)9(20)14-6(2)10(21)16-17(4-8(13)19)11(22)7(3)18/h5-6,15H,4H2,1-3H3,(H2,13,19)(H,14,20)(H,16,21)(H,23,24)/t5-,6-/m0/s1. The molecule has 5 amide bonds. The van der Waals surface area contributed by atoms with E-state index in [1.807, 2.05) is 10.7 Å². The van der Waals surface area contributed by atoms with Crippen LogP contribution in [0.2, 0.25) is 0 Å². The molecule has 0 aromatic rings. The van der Waals surface area contributed by atoms with Crippen molar-refractivity contribution in [1.29, 1.82) is 0 Å². The summed E-state index contributed by atoms with van der Waals surface area (Å²) in [6.07, 6.45) is -1.42. The number of carbonyl (C=O) groups is 6. The van der Waals surface area contributed by atoms with Crippen molar-refractivity contribution in [1.82, 2.24) is 21.1 Å². The van der Waals surface area contributed by atoms with Gasteiger partial charge in [0, 0.05) is 6.92 Å². The molecule has 2 atom stereocenters. The zero-order valence-electron chi connectivity index (χ0n) is 13.3. The van der Waals surface area contributed by atoms with Crippen LogP contribution in [-0.2, 0) is 24.0 Å². The summed E-state index contributed by atoms with van der Waals surface area (Å²) in [5.41, 5.74) is 6.91. The Hall–Kier alpha value is -3.18. The average Bonchev–Trinajstić information content (AvgIpc) is 2.43. The second kappa shape index (κ2) is 9.07. The van der Waals surface area contributed by atoms with Gasteiger partial charge in [0.05, 0.1) is 0 Å². The molecule has 24 heavy (non-hydrogen) atoms. The van der Waals surface area contributed by atoms with Crippen molar-refractivity contribution in [2.75, 3.05) is 6.54 Å². The van der Waals surface area contributed by atoms with E-state index < -0.39 is 54.1 Å². The van der Waals surface area contributed by atoms with Gasteiger partial charge in [0.15, 0.2) is 0 Å². The number of ketones is 1. The molecule has 0 fully saturated rings. The molecule has 0 aromatic carbocycles. The molecule has 0 spiro atoms. The summed E-state index contributed by atoms with van der Waals surface area (Å²) in [6, 6.07) is -2.32. The number of carboxylic acid groups (broad SMARTS) is 1. The molecule has 0 radical (unpaired) electrons. The van der Waals surface area contributed by atoms with Gasteiger partial charge >= 0.3 is 12.0 Å². The second-order valence-electron chi connectivity index (χ2n) is 4.79. The number of nitrogens with one attached hydrogen (secondary N) is 3. The van der Waals surface area contributed by atoms with E-state index in [1.54, 1.807) is 0 Å². The van der Waals surface area contributed by atoms with Gasteiger partial charge in [0.25, 0.3) is 5.91 Å². The Balaban J connectivity index is 4.82. The van der Waals surface area contributed by atoms with Crippen molar-refractivity contribution in [3.63, 3.8) is 0 Å². The smallest absolute Gasteiger partial charge is 0.405 e. The minimum atomic E-state index is -1.42. The first kappa shape index (κ1) is 20.8. The van der Waals surface area contributed by atoms with Crippen LogP contribution in [0.3, 0.4) is 0 Å². The fourth-order valence-electron chi connectivity index (χ4n) is 1.39. The van der Waals surface area contributed by atoms with Crippen LogP contribution in [0.25, 0.3) is 0 Å². The maximum atomic E-state index is 11.9. The lowest BCUT2D eigenvalue weighted by Gasteiger charge is -2.23. The van der Waals surface area contributed by atoms with Crippen molar-refractivity contribution in [3.05, 3.63) is 0 Å². The summed E-state index contributed by atoms with van der Waals surface area (Å²) >= 11 is 0. The second-order valence-corrected chi connectivity index (χ2v) is 4.79. The SMILES string of the molecule is CC(=O)C(=O)N(CC(N)=O)NC(=O)[C@H](C)NC(=O)[C@H](C)NC(=O)O. The Morgan fingerprint density at radius 1 is 1.00 bits per heavy atom. The number of hydrogen-bond donors (Lipinski definition) is 5. The summed E-state index contributed by atoms with van der Waals surface area (Å²) in [5.74, 6) is -4.78. The lowest BCUT2D eigenvalue weighted by Crippen LogP contribution is -2.57. The van der Waals surface area contributed by atoms with Gasteiger partial charge in [-0.05, 0) is 13.8 Å². The van der Waals surface area contributed by atoms with Gasteiger partial charge in [-0.15, -0.1) is 0 Å². The van der Waals surface area contributed by atoms with E-state index in [2.05, 4.69) is 5.32 Å². The van der Waals surface area contributed by atoms with Gasteiger partial charge in [-0.2, -0.15) is 0 Å². The number of nitrogens with zero attached hydrogens (tertiary/aromatic N) is 1. The van der Waals surface area contributed by atoms with Crippen LogP contribution in [0.1, 0.15) is 20.8 Å². The predicted octanol–water partition coefficient (Wildman–Crippen LogP) is -2.92. The van der Waals surface area contributed by atoms with Gasteiger partial charge in [-0.3, -0.25) is 29.4 Å². The molecular weight excluding hydrogens is 326 g/mol. The molecule has 0 aliphatic heterocycles. The molecule has 0 saturated carbocycles. The van der Waals surface area contributed by atoms with Crippen molar-refractivity contribution >= 4 is 35.5 Å². The first-order valence-corrected chi connectivity index (χ1v) is 6.66. The summed E-state index contributed by atoms with van der Waals surface area (Å²) in [7, 11) is 0. The fraction of sp³-hybridized carbons (Fsp3) is 0.500. The Labute approximate surface area is 136 Å². The first-order valence-electron chi connectivity index (χ1n) is 6.66. The van der Waals surface area contributed by atoms with Crippen LogP contribution in [0.5, 0.6) is 0 Å². The molecule has 0 aromatic heterocycles. The van der Waals surface area contributed by atoms with E-state index in [0.29, 0.717) is 5.01 Å². The number of amides is 5. The summed E-state index contributed by atoms with van der Waals surface area (Å²) < 4.78 is 0. The van der Waals surface area contributed by atoms with Crippen LogP contribution in [0.4, 0.5) is 4.79 Å². The largest absolute Gasteiger partial charge is 0.465 e. The molecule has 12 nitrogen and oxygen atoms in total. The van der Waals surface area contributed by atoms with E-state index in [9.17, 15) is 28.8 Å². The molecule has 0 heterocycles. The summed E-state index contributed by atoms with van der Waals surface area (Å²) in [6.45, 7) is 2.71. The van der Waals surface area contributed by atoms with Crippen molar-refractivity contribution in [2.24, 2.45) is 5.73 Å². The van der Waals surface area contributed by atoms with Crippen LogP contribution in [0.15, 0.2) is 0 Å². The number of hydrogen-bond acceptors (Lipinski definition) is 6. The van der Waals surface area contributed by atoms with Gasteiger partial charge < -0.3 is 21.5 Å². The number of rotatable bonds is 7. The first-order chi connectivity index (χ1) is 11.0. The van der Waals surface area contributed by atoms with Crippen molar-refractivity contribution < 1.29 is 33.9 Å². The normalized spacial score (nSPS) is 12.3. The molecule has 0 bridgehead atoms. The zero-order chi connectivity index (χ0) is 19.0.